The number of halogens is 2. The molecule has 1 aliphatic heterocycles. The fraction of sp³-hybridized carbons (Fsp3) is 0.516. The summed E-state index contributed by atoms with van der Waals surface area (Å²) in [6.45, 7) is 4.85. The molecule has 4 rings (SSSR count). The minimum Gasteiger partial charge on any atom is -0.493 e. The number of carbonyl (C=O) groups excluding carboxylic acids is 1. The molecule has 39 heavy (non-hydrogen) atoms. The average molecular weight is 543 g/mol. The largest absolute Gasteiger partial charge is 0.493 e. The van der Waals surface area contributed by atoms with Crippen molar-refractivity contribution in [2.75, 3.05) is 47.5 Å². The van der Waals surface area contributed by atoms with Crippen molar-refractivity contribution in [3.8, 4) is 17.2 Å². The van der Waals surface area contributed by atoms with Gasteiger partial charge < -0.3 is 19.1 Å². The van der Waals surface area contributed by atoms with Gasteiger partial charge in [-0.3, -0.25) is 9.69 Å². The second-order valence-corrected chi connectivity index (χ2v) is 10.7. The molecular formula is C31H40F2N2O4. The number of rotatable bonds is 11. The molecule has 0 spiro atoms. The Morgan fingerprint density at radius 3 is 2.31 bits per heavy atom. The summed E-state index contributed by atoms with van der Waals surface area (Å²) < 4.78 is 44.2. The van der Waals surface area contributed by atoms with Crippen LogP contribution < -0.4 is 14.2 Å². The van der Waals surface area contributed by atoms with E-state index in [9.17, 15) is 13.6 Å². The zero-order valence-corrected chi connectivity index (χ0v) is 23.5. The lowest BCUT2D eigenvalue weighted by molar-refractivity contribution is 0.0714. The Kier molecular flexibility index (Phi) is 9.83. The smallest absolute Gasteiger partial charge is 0.254 e. The summed E-state index contributed by atoms with van der Waals surface area (Å²) >= 11 is 0. The van der Waals surface area contributed by atoms with E-state index in [2.05, 4.69) is 4.90 Å². The van der Waals surface area contributed by atoms with E-state index < -0.39 is 11.6 Å². The molecule has 0 bridgehead atoms. The van der Waals surface area contributed by atoms with Crippen molar-refractivity contribution < 1.29 is 27.8 Å². The quantitative estimate of drug-likeness (QED) is 0.339. The molecule has 1 atom stereocenters. The molecule has 6 nitrogen and oxygen atoms in total. The molecule has 0 N–H and O–H groups in total. The maximum absolute atomic E-state index is 14.4. The SMILES string of the molecule is COc1cc(C(=O)N(C/C(C)=C/c2ccc(F)cc2F)C[C@@H]2CCCN2CC2CCCC2)cc(OC)c1OC. The average Bonchev–Trinajstić information content (AvgIpc) is 3.61. The zero-order valence-electron chi connectivity index (χ0n) is 23.5. The highest BCUT2D eigenvalue weighted by Gasteiger charge is 2.31. The highest BCUT2D eigenvalue weighted by molar-refractivity contribution is 5.96. The monoisotopic (exact) mass is 542 g/mol. The number of benzene rings is 2. The molecule has 2 fully saturated rings. The molecule has 8 heteroatoms. The van der Waals surface area contributed by atoms with Crippen LogP contribution >= 0.6 is 0 Å². The Labute approximate surface area is 230 Å². The Morgan fingerprint density at radius 2 is 1.69 bits per heavy atom. The second kappa shape index (κ2) is 13.3. The van der Waals surface area contributed by atoms with Gasteiger partial charge in [0.1, 0.15) is 11.6 Å². The lowest BCUT2D eigenvalue weighted by Gasteiger charge is -2.33. The number of likely N-dealkylation sites (tertiary alicyclic amines) is 1. The number of carbonyl (C=O) groups is 1. The normalized spacial score (nSPS) is 18.4. The van der Waals surface area contributed by atoms with Gasteiger partial charge in [0.25, 0.3) is 5.91 Å². The third-order valence-electron chi connectivity index (χ3n) is 7.90. The lowest BCUT2D eigenvalue weighted by atomic mass is 10.1. The molecule has 2 aliphatic rings. The molecule has 1 saturated carbocycles. The molecule has 0 radical (unpaired) electrons. The topological polar surface area (TPSA) is 51.2 Å². The van der Waals surface area contributed by atoms with Crippen LogP contribution in [0.4, 0.5) is 8.78 Å². The minimum absolute atomic E-state index is 0.172. The maximum atomic E-state index is 14.4. The highest BCUT2D eigenvalue weighted by Crippen LogP contribution is 2.38. The van der Waals surface area contributed by atoms with Crippen LogP contribution in [-0.4, -0.2) is 69.3 Å². The van der Waals surface area contributed by atoms with E-state index in [1.807, 2.05) is 11.8 Å². The van der Waals surface area contributed by atoms with Gasteiger partial charge in [0, 0.05) is 42.9 Å². The molecule has 0 aromatic heterocycles. The van der Waals surface area contributed by atoms with Gasteiger partial charge in [-0.2, -0.15) is 0 Å². The Hall–Kier alpha value is -3.13. The molecule has 2 aromatic rings. The molecule has 1 amide bonds. The Bertz CT molecular complexity index is 1150. The van der Waals surface area contributed by atoms with Gasteiger partial charge in [0.15, 0.2) is 11.5 Å². The fourth-order valence-corrected chi connectivity index (χ4v) is 5.96. The number of amides is 1. The highest BCUT2D eigenvalue weighted by atomic mass is 19.1. The standard InChI is InChI=1S/C31H40F2N2O4/c1-21(14-23-11-12-25(32)17-27(23)33)18-35(20-26-10-7-13-34(26)19-22-8-5-6-9-22)31(36)24-15-28(37-2)30(39-4)29(16-24)38-3/h11-12,14-17,22,26H,5-10,13,18-20H2,1-4H3/b21-14+/t26-/m0/s1. The summed E-state index contributed by atoms with van der Waals surface area (Å²) in [4.78, 5) is 18.4. The second-order valence-electron chi connectivity index (χ2n) is 10.7. The van der Waals surface area contributed by atoms with Gasteiger partial charge in [0.05, 0.1) is 21.3 Å². The van der Waals surface area contributed by atoms with Crippen molar-refractivity contribution in [1.29, 1.82) is 0 Å². The van der Waals surface area contributed by atoms with Crippen molar-refractivity contribution in [3.05, 3.63) is 58.7 Å². The minimum atomic E-state index is -0.629. The molecule has 212 valence electrons. The summed E-state index contributed by atoms with van der Waals surface area (Å²) in [5.41, 5.74) is 1.50. The van der Waals surface area contributed by atoms with E-state index in [1.54, 1.807) is 18.2 Å². The van der Waals surface area contributed by atoms with E-state index in [4.69, 9.17) is 14.2 Å². The zero-order chi connectivity index (χ0) is 27.9. The van der Waals surface area contributed by atoms with E-state index in [1.165, 1.54) is 59.1 Å². The van der Waals surface area contributed by atoms with Gasteiger partial charge in [-0.15, -0.1) is 0 Å². The van der Waals surface area contributed by atoms with E-state index in [-0.39, 0.29) is 17.5 Å². The third-order valence-corrected chi connectivity index (χ3v) is 7.90. The van der Waals surface area contributed by atoms with Gasteiger partial charge in [0.2, 0.25) is 5.75 Å². The number of hydrogen-bond donors (Lipinski definition) is 0. The van der Waals surface area contributed by atoms with Gasteiger partial charge in [-0.25, -0.2) is 8.78 Å². The molecule has 1 aliphatic carbocycles. The van der Waals surface area contributed by atoms with Gasteiger partial charge in [-0.1, -0.05) is 24.5 Å². The van der Waals surface area contributed by atoms with Crippen LogP contribution in [0, 0.1) is 17.6 Å². The third kappa shape index (κ3) is 7.10. The number of hydrogen-bond acceptors (Lipinski definition) is 5. The van der Waals surface area contributed by atoms with Crippen molar-refractivity contribution in [1.82, 2.24) is 9.80 Å². The number of ether oxygens (including phenoxy) is 3. The summed E-state index contributed by atoms with van der Waals surface area (Å²) in [6, 6.07) is 7.12. The fourth-order valence-electron chi connectivity index (χ4n) is 5.96. The Balaban J connectivity index is 1.62. The van der Waals surface area contributed by atoms with Gasteiger partial charge in [-0.05, 0) is 69.3 Å². The predicted molar refractivity (Wildman–Crippen MR) is 149 cm³/mol. The van der Waals surface area contributed by atoms with Gasteiger partial charge >= 0.3 is 0 Å². The van der Waals surface area contributed by atoms with Crippen LogP contribution in [0.2, 0.25) is 0 Å². The van der Waals surface area contributed by atoms with Crippen molar-refractivity contribution in [2.45, 2.75) is 51.5 Å². The molecule has 1 heterocycles. The summed E-state index contributed by atoms with van der Waals surface area (Å²) in [7, 11) is 4.57. The number of nitrogens with zero attached hydrogens (tertiary/aromatic N) is 2. The van der Waals surface area contributed by atoms with E-state index in [0.717, 1.165) is 43.5 Å². The van der Waals surface area contributed by atoms with Crippen LogP contribution in [-0.2, 0) is 0 Å². The van der Waals surface area contributed by atoms with E-state index >= 15 is 0 Å². The first-order chi connectivity index (χ1) is 18.8. The molecule has 1 saturated heterocycles. The molecule has 0 unspecified atom stereocenters. The predicted octanol–water partition coefficient (Wildman–Crippen LogP) is 6.19. The van der Waals surface area contributed by atoms with Crippen LogP contribution in [0.5, 0.6) is 17.2 Å². The first-order valence-corrected chi connectivity index (χ1v) is 13.8. The Morgan fingerprint density at radius 1 is 1.00 bits per heavy atom. The number of methoxy groups -OCH3 is 3. The van der Waals surface area contributed by atoms with E-state index in [0.29, 0.717) is 35.9 Å². The van der Waals surface area contributed by atoms with Crippen LogP contribution in [0.15, 0.2) is 35.9 Å². The van der Waals surface area contributed by atoms with Crippen LogP contribution in [0.3, 0.4) is 0 Å². The molecular weight excluding hydrogens is 502 g/mol. The summed E-state index contributed by atoms with van der Waals surface area (Å²) in [6.07, 6.45) is 8.98. The summed E-state index contributed by atoms with van der Waals surface area (Å²) in [5, 5.41) is 0. The molecule has 2 aromatic carbocycles. The summed E-state index contributed by atoms with van der Waals surface area (Å²) in [5.74, 6) is 0.543. The maximum Gasteiger partial charge on any atom is 0.254 e. The van der Waals surface area contributed by atoms with Crippen molar-refractivity contribution >= 4 is 12.0 Å². The first kappa shape index (κ1) is 28.9. The van der Waals surface area contributed by atoms with Crippen LogP contribution in [0.1, 0.15) is 61.4 Å². The first-order valence-electron chi connectivity index (χ1n) is 13.8. The lowest BCUT2D eigenvalue weighted by Crippen LogP contribution is -2.45. The van der Waals surface area contributed by atoms with Crippen molar-refractivity contribution in [3.63, 3.8) is 0 Å². The van der Waals surface area contributed by atoms with Crippen molar-refractivity contribution in [2.24, 2.45) is 5.92 Å². The van der Waals surface area contributed by atoms with Crippen LogP contribution in [0.25, 0.3) is 6.08 Å².